The van der Waals surface area contributed by atoms with Gasteiger partial charge in [-0.15, -0.1) is 0 Å². The Morgan fingerprint density at radius 1 is 1.55 bits per heavy atom. The summed E-state index contributed by atoms with van der Waals surface area (Å²) in [5.74, 6) is 0. The van der Waals surface area contributed by atoms with E-state index in [-0.39, 0.29) is 0 Å². The second kappa shape index (κ2) is 4.07. The maximum absolute atomic E-state index is 10.5. The molecule has 0 spiro atoms. The second-order valence-corrected chi connectivity index (χ2v) is 3.29. The average molecular weight is 280 g/mol. The highest BCUT2D eigenvalue weighted by molar-refractivity contribution is 14.1. The molecular weight excluding hydrogens is 274 g/mol. The number of hydrogen-bond donors (Lipinski definition) is 0. The molecule has 1 nitrogen and oxygen atoms in total. The van der Waals surface area contributed by atoms with Crippen LogP contribution in [0, 0.1) is 0 Å². The summed E-state index contributed by atoms with van der Waals surface area (Å²) in [7, 11) is 0. The van der Waals surface area contributed by atoms with Gasteiger partial charge in [0.2, 0.25) is 0 Å². The van der Waals surface area contributed by atoms with Gasteiger partial charge >= 0.3 is 0 Å². The molecule has 0 N–H and O–H groups in total. The Labute approximate surface area is 83.9 Å². The Bertz CT molecular complexity index is 273. The first kappa shape index (κ1) is 9.00. The normalized spacial score (nSPS) is 9.64. The van der Waals surface area contributed by atoms with Crippen LogP contribution in [0.4, 0.5) is 0 Å². The molecule has 58 valence electrons. The van der Waals surface area contributed by atoms with Gasteiger partial charge in [-0.2, -0.15) is 0 Å². The highest BCUT2D eigenvalue weighted by atomic mass is 127. The zero-order chi connectivity index (χ0) is 8.27. The molecule has 1 rings (SSSR count). The van der Waals surface area contributed by atoms with Crippen molar-refractivity contribution in [2.24, 2.45) is 0 Å². The smallest absolute Gasteiger partial charge is 0.150 e. The Hall–Kier alpha value is -0.0900. The van der Waals surface area contributed by atoms with Gasteiger partial charge in [0.1, 0.15) is 6.29 Å². The van der Waals surface area contributed by atoms with E-state index in [2.05, 4.69) is 22.6 Å². The van der Waals surface area contributed by atoms with E-state index in [0.717, 1.165) is 16.3 Å². The van der Waals surface area contributed by atoms with Gasteiger partial charge < -0.3 is 0 Å². The van der Waals surface area contributed by atoms with Crippen LogP contribution in [0.15, 0.2) is 18.2 Å². The monoisotopic (exact) mass is 280 g/mol. The Morgan fingerprint density at radius 2 is 2.27 bits per heavy atom. The summed E-state index contributed by atoms with van der Waals surface area (Å²) in [4.78, 5) is 10.5. The molecule has 0 saturated carbocycles. The van der Waals surface area contributed by atoms with E-state index in [1.807, 2.05) is 6.07 Å². The van der Waals surface area contributed by atoms with E-state index < -0.39 is 0 Å². The van der Waals surface area contributed by atoms with Gasteiger partial charge in [0.15, 0.2) is 0 Å². The van der Waals surface area contributed by atoms with Crippen LogP contribution in [0.25, 0.3) is 0 Å². The number of rotatable bonds is 2. The van der Waals surface area contributed by atoms with E-state index in [9.17, 15) is 4.79 Å². The largest absolute Gasteiger partial charge is 0.298 e. The lowest BCUT2D eigenvalue weighted by Crippen LogP contribution is -1.87. The predicted octanol–water partition coefficient (Wildman–Crippen LogP) is 3.09. The van der Waals surface area contributed by atoms with Gasteiger partial charge in [-0.05, 0) is 17.7 Å². The number of carbonyl (C=O) groups is 1. The number of halogens is 2. The molecule has 1 aromatic carbocycles. The summed E-state index contributed by atoms with van der Waals surface area (Å²) in [5, 5.41) is 0.612. The first-order chi connectivity index (χ1) is 5.27. The number of benzene rings is 1. The fourth-order valence-corrected chi connectivity index (χ4v) is 1.67. The van der Waals surface area contributed by atoms with Gasteiger partial charge in [-0.3, -0.25) is 4.79 Å². The summed E-state index contributed by atoms with van der Waals surface area (Å²) in [6, 6.07) is 5.35. The molecule has 0 fully saturated rings. The van der Waals surface area contributed by atoms with Gasteiger partial charge in [0, 0.05) is 15.0 Å². The van der Waals surface area contributed by atoms with E-state index in [4.69, 9.17) is 11.6 Å². The van der Waals surface area contributed by atoms with Crippen LogP contribution in [0.2, 0.25) is 5.02 Å². The molecule has 0 bridgehead atoms. The second-order valence-electron chi connectivity index (χ2n) is 2.09. The third-order valence-corrected chi connectivity index (χ3v) is 2.44. The molecule has 0 aromatic heterocycles. The van der Waals surface area contributed by atoms with Crippen molar-refractivity contribution in [3.8, 4) is 0 Å². The van der Waals surface area contributed by atoms with Crippen LogP contribution in [0.5, 0.6) is 0 Å². The van der Waals surface area contributed by atoms with Gasteiger partial charge in [-0.25, -0.2) is 0 Å². The van der Waals surface area contributed by atoms with Gasteiger partial charge in [-0.1, -0.05) is 40.3 Å². The SMILES string of the molecule is O=Cc1cc(Cl)ccc1CI. The predicted molar refractivity (Wildman–Crippen MR) is 54.6 cm³/mol. The third-order valence-electron chi connectivity index (χ3n) is 1.38. The summed E-state index contributed by atoms with van der Waals surface area (Å²) in [6.07, 6.45) is 0.833. The van der Waals surface area contributed by atoms with E-state index >= 15 is 0 Å². The summed E-state index contributed by atoms with van der Waals surface area (Å²) in [6.45, 7) is 0. The van der Waals surface area contributed by atoms with Crippen LogP contribution in [0.3, 0.4) is 0 Å². The minimum Gasteiger partial charge on any atom is -0.298 e. The van der Waals surface area contributed by atoms with Crippen molar-refractivity contribution in [2.45, 2.75) is 4.43 Å². The molecule has 0 aliphatic rings. The lowest BCUT2D eigenvalue weighted by Gasteiger charge is -1.99. The molecule has 0 aliphatic heterocycles. The van der Waals surface area contributed by atoms with Crippen LogP contribution in [-0.4, -0.2) is 6.29 Å². The van der Waals surface area contributed by atoms with Gasteiger partial charge in [0.25, 0.3) is 0 Å². The van der Waals surface area contributed by atoms with Crippen molar-refractivity contribution in [2.75, 3.05) is 0 Å². The number of aldehydes is 1. The number of alkyl halides is 1. The van der Waals surface area contributed by atoms with Crippen molar-refractivity contribution in [1.29, 1.82) is 0 Å². The highest BCUT2D eigenvalue weighted by Gasteiger charge is 1.99. The molecule has 3 heteroatoms. The van der Waals surface area contributed by atoms with Crippen LogP contribution < -0.4 is 0 Å². The molecule has 0 heterocycles. The summed E-state index contributed by atoms with van der Waals surface area (Å²) in [5.41, 5.74) is 1.72. The zero-order valence-corrected chi connectivity index (χ0v) is 8.59. The Morgan fingerprint density at radius 3 is 2.82 bits per heavy atom. The molecule has 0 amide bonds. The van der Waals surface area contributed by atoms with Crippen LogP contribution in [0.1, 0.15) is 15.9 Å². The van der Waals surface area contributed by atoms with Crippen LogP contribution >= 0.6 is 34.2 Å². The minimum absolute atomic E-state index is 0.612. The quantitative estimate of drug-likeness (QED) is 0.462. The topological polar surface area (TPSA) is 17.1 Å². The maximum Gasteiger partial charge on any atom is 0.150 e. The molecule has 1 aromatic rings. The average Bonchev–Trinajstić information content (AvgIpc) is 2.04. The van der Waals surface area contributed by atoms with E-state index in [1.54, 1.807) is 12.1 Å². The number of carbonyl (C=O) groups excluding carboxylic acids is 1. The van der Waals surface area contributed by atoms with Gasteiger partial charge in [0.05, 0.1) is 0 Å². The van der Waals surface area contributed by atoms with Crippen molar-refractivity contribution in [3.05, 3.63) is 34.3 Å². The summed E-state index contributed by atoms with van der Waals surface area (Å²) >= 11 is 7.90. The maximum atomic E-state index is 10.5. The lowest BCUT2D eigenvalue weighted by molar-refractivity contribution is 0.112. The summed E-state index contributed by atoms with van der Waals surface area (Å²) < 4.78 is 0.836. The molecule has 0 atom stereocenters. The standard InChI is InChI=1S/C8H6ClIO/c9-8-2-1-6(4-10)7(3-8)5-11/h1-3,5H,4H2. The fourth-order valence-electron chi connectivity index (χ4n) is 0.797. The first-order valence-electron chi connectivity index (χ1n) is 3.07. The highest BCUT2D eigenvalue weighted by Crippen LogP contribution is 2.16. The van der Waals surface area contributed by atoms with Crippen molar-refractivity contribution < 1.29 is 4.79 Å². The minimum atomic E-state index is 0.612. The van der Waals surface area contributed by atoms with Crippen molar-refractivity contribution in [1.82, 2.24) is 0 Å². The fraction of sp³-hybridized carbons (Fsp3) is 0.125. The molecule has 0 saturated heterocycles. The molecule has 11 heavy (non-hydrogen) atoms. The van der Waals surface area contributed by atoms with Crippen LogP contribution in [-0.2, 0) is 4.43 Å². The molecular formula is C8H6ClIO. The molecule has 0 unspecified atom stereocenters. The number of hydrogen-bond acceptors (Lipinski definition) is 1. The van der Waals surface area contributed by atoms with Crippen molar-refractivity contribution in [3.63, 3.8) is 0 Å². The third kappa shape index (κ3) is 2.17. The zero-order valence-electron chi connectivity index (χ0n) is 5.68. The van der Waals surface area contributed by atoms with E-state index in [1.165, 1.54) is 0 Å². The Kier molecular flexibility index (Phi) is 3.33. The van der Waals surface area contributed by atoms with Crippen molar-refractivity contribution >= 4 is 40.5 Å². The first-order valence-corrected chi connectivity index (χ1v) is 4.98. The molecule has 0 aliphatic carbocycles. The van der Waals surface area contributed by atoms with E-state index in [0.29, 0.717) is 10.6 Å². The lowest BCUT2D eigenvalue weighted by atomic mass is 10.1. The Balaban J connectivity index is 3.16. The molecule has 0 radical (unpaired) electrons.